The summed E-state index contributed by atoms with van der Waals surface area (Å²) in [6, 6.07) is 7.99. The molecule has 2 aromatic rings. The van der Waals surface area contributed by atoms with Crippen LogP contribution in [0.3, 0.4) is 0 Å². The quantitative estimate of drug-likeness (QED) is 0.521. The van der Waals surface area contributed by atoms with E-state index >= 15 is 0 Å². The third-order valence-electron chi connectivity index (χ3n) is 3.37. The first kappa shape index (κ1) is 18.2. The van der Waals surface area contributed by atoms with Gasteiger partial charge in [0.2, 0.25) is 4.80 Å². The Hall–Kier alpha value is -2.14. The molecule has 1 aromatic carbocycles. The van der Waals surface area contributed by atoms with Crippen molar-refractivity contribution in [1.29, 1.82) is 0 Å². The van der Waals surface area contributed by atoms with Crippen LogP contribution < -0.4 is 9.54 Å². The average Bonchev–Trinajstić information content (AvgIpc) is 2.92. The van der Waals surface area contributed by atoms with Crippen LogP contribution >= 0.6 is 11.3 Å². The molecule has 0 fully saturated rings. The van der Waals surface area contributed by atoms with Crippen molar-refractivity contribution in [2.45, 2.75) is 27.2 Å². The summed E-state index contributed by atoms with van der Waals surface area (Å²) in [5.74, 6) is 1.55. The molecule has 0 N–H and O–H groups in total. The molecule has 0 bridgehead atoms. The molecule has 0 unspecified atom stereocenters. The standard InChI is InChI=1S/C19H25N3OS/c1-5-11-20-19-22(16(4)14-24-19)21-13-17-6-8-18(9-7-17)23-12-10-15(2)3/h5-9,13-15H,1,10-12H2,2-4H3. The van der Waals surface area contributed by atoms with E-state index in [1.54, 1.807) is 17.4 Å². The lowest BCUT2D eigenvalue weighted by molar-refractivity contribution is 0.289. The van der Waals surface area contributed by atoms with Gasteiger partial charge in [-0.05, 0) is 49.1 Å². The fourth-order valence-electron chi connectivity index (χ4n) is 1.96. The van der Waals surface area contributed by atoms with Crippen molar-refractivity contribution >= 4 is 17.6 Å². The third-order valence-corrected chi connectivity index (χ3v) is 4.34. The monoisotopic (exact) mass is 343 g/mol. The first-order valence-corrected chi connectivity index (χ1v) is 9.04. The zero-order chi connectivity index (χ0) is 17.4. The van der Waals surface area contributed by atoms with Gasteiger partial charge in [0.15, 0.2) is 0 Å². The maximum atomic E-state index is 5.73. The minimum atomic E-state index is 0.595. The number of hydrogen-bond donors (Lipinski definition) is 0. The zero-order valence-corrected chi connectivity index (χ0v) is 15.4. The molecular weight excluding hydrogens is 318 g/mol. The molecular formula is C19H25N3OS. The second kappa shape index (κ2) is 9.23. The lowest BCUT2D eigenvalue weighted by Gasteiger charge is -2.08. The van der Waals surface area contributed by atoms with Crippen molar-refractivity contribution in [3.05, 3.63) is 58.4 Å². The summed E-state index contributed by atoms with van der Waals surface area (Å²) in [6.45, 7) is 11.5. The van der Waals surface area contributed by atoms with E-state index in [1.165, 1.54) is 0 Å². The van der Waals surface area contributed by atoms with E-state index in [0.29, 0.717) is 12.5 Å². The Labute approximate surface area is 147 Å². The fraction of sp³-hybridized carbons (Fsp3) is 0.368. The summed E-state index contributed by atoms with van der Waals surface area (Å²) in [7, 11) is 0. The highest BCUT2D eigenvalue weighted by Gasteiger charge is 1.99. The SMILES string of the molecule is C=CCN=c1scc(C)n1N=Cc1ccc(OCCC(C)C)cc1. The Bertz CT molecular complexity index is 739. The minimum absolute atomic E-state index is 0.595. The average molecular weight is 343 g/mol. The molecule has 5 heteroatoms. The van der Waals surface area contributed by atoms with Crippen LogP contribution in [0.25, 0.3) is 0 Å². The van der Waals surface area contributed by atoms with Crippen LogP contribution in [0.1, 0.15) is 31.5 Å². The number of nitrogens with zero attached hydrogens (tertiary/aromatic N) is 3. The van der Waals surface area contributed by atoms with Crippen LogP contribution in [-0.4, -0.2) is 24.0 Å². The van der Waals surface area contributed by atoms with Crippen LogP contribution in [-0.2, 0) is 0 Å². The van der Waals surface area contributed by atoms with E-state index in [9.17, 15) is 0 Å². The number of ether oxygens (including phenoxy) is 1. The molecule has 0 amide bonds. The van der Waals surface area contributed by atoms with Crippen molar-refractivity contribution in [3.63, 3.8) is 0 Å². The molecule has 0 spiro atoms. The Morgan fingerprint density at radius 2 is 2.04 bits per heavy atom. The number of aromatic nitrogens is 1. The third kappa shape index (κ3) is 5.49. The Balaban J connectivity index is 2.05. The van der Waals surface area contributed by atoms with E-state index in [2.05, 4.69) is 30.5 Å². The molecule has 0 aliphatic rings. The van der Waals surface area contributed by atoms with Crippen LogP contribution in [0.5, 0.6) is 5.75 Å². The highest BCUT2D eigenvalue weighted by atomic mass is 32.1. The van der Waals surface area contributed by atoms with E-state index in [0.717, 1.165) is 34.8 Å². The molecule has 4 nitrogen and oxygen atoms in total. The molecule has 1 aromatic heterocycles. The molecule has 0 atom stereocenters. The van der Waals surface area contributed by atoms with Gasteiger partial charge in [0, 0.05) is 5.38 Å². The highest BCUT2D eigenvalue weighted by Crippen LogP contribution is 2.12. The summed E-state index contributed by atoms with van der Waals surface area (Å²) >= 11 is 1.58. The van der Waals surface area contributed by atoms with Gasteiger partial charge < -0.3 is 4.74 Å². The van der Waals surface area contributed by atoms with Gasteiger partial charge in [0.25, 0.3) is 0 Å². The van der Waals surface area contributed by atoms with Gasteiger partial charge in [-0.15, -0.1) is 17.9 Å². The summed E-state index contributed by atoms with van der Waals surface area (Å²) in [5, 5.41) is 6.58. The van der Waals surface area contributed by atoms with Gasteiger partial charge in [-0.1, -0.05) is 19.9 Å². The van der Waals surface area contributed by atoms with Gasteiger partial charge in [0.1, 0.15) is 5.75 Å². The van der Waals surface area contributed by atoms with Gasteiger partial charge in [-0.3, -0.25) is 4.99 Å². The largest absolute Gasteiger partial charge is 0.494 e. The second-order valence-corrected chi connectivity index (χ2v) is 6.78. The Morgan fingerprint density at radius 1 is 1.29 bits per heavy atom. The first-order chi connectivity index (χ1) is 11.6. The zero-order valence-electron chi connectivity index (χ0n) is 14.6. The molecule has 0 saturated heterocycles. The molecule has 0 aliphatic heterocycles. The fourth-order valence-corrected chi connectivity index (χ4v) is 2.78. The summed E-state index contributed by atoms with van der Waals surface area (Å²) in [4.78, 5) is 5.32. The lowest BCUT2D eigenvalue weighted by atomic mass is 10.1. The topological polar surface area (TPSA) is 38.9 Å². The molecule has 0 saturated carbocycles. The van der Waals surface area contributed by atoms with Crippen molar-refractivity contribution in [2.75, 3.05) is 13.2 Å². The van der Waals surface area contributed by atoms with Crippen molar-refractivity contribution < 1.29 is 4.74 Å². The normalized spacial score (nSPS) is 12.2. The molecule has 1 heterocycles. The molecule has 24 heavy (non-hydrogen) atoms. The summed E-state index contributed by atoms with van der Waals surface area (Å²) < 4.78 is 7.58. The van der Waals surface area contributed by atoms with Crippen LogP contribution in [0.4, 0.5) is 0 Å². The predicted molar refractivity (Wildman–Crippen MR) is 102 cm³/mol. The number of thiazole rings is 1. The maximum Gasteiger partial charge on any atom is 0.206 e. The Kier molecular flexibility index (Phi) is 7.00. The van der Waals surface area contributed by atoms with Crippen molar-refractivity contribution in [3.8, 4) is 5.75 Å². The van der Waals surface area contributed by atoms with Gasteiger partial charge in [-0.25, -0.2) is 4.68 Å². The predicted octanol–water partition coefficient (Wildman–Crippen LogP) is 4.25. The van der Waals surface area contributed by atoms with E-state index < -0.39 is 0 Å². The van der Waals surface area contributed by atoms with Crippen molar-refractivity contribution in [2.24, 2.45) is 16.0 Å². The second-order valence-electron chi connectivity index (χ2n) is 5.95. The number of rotatable bonds is 8. The van der Waals surface area contributed by atoms with Crippen molar-refractivity contribution in [1.82, 2.24) is 4.68 Å². The van der Waals surface area contributed by atoms with E-state index in [-0.39, 0.29) is 0 Å². The first-order valence-electron chi connectivity index (χ1n) is 8.16. The molecule has 0 aliphatic carbocycles. The van der Waals surface area contributed by atoms with E-state index in [1.807, 2.05) is 47.5 Å². The minimum Gasteiger partial charge on any atom is -0.494 e. The van der Waals surface area contributed by atoms with Crippen LogP contribution in [0.2, 0.25) is 0 Å². The van der Waals surface area contributed by atoms with Gasteiger partial charge >= 0.3 is 0 Å². The summed E-state index contributed by atoms with van der Waals surface area (Å²) in [6.07, 6.45) is 4.68. The molecule has 2 rings (SSSR count). The number of hydrogen-bond acceptors (Lipinski definition) is 4. The lowest BCUT2D eigenvalue weighted by Crippen LogP contribution is -2.12. The number of aryl methyl sites for hydroxylation is 1. The van der Waals surface area contributed by atoms with E-state index in [4.69, 9.17) is 4.74 Å². The Morgan fingerprint density at radius 3 is 2.71 bits per heavy atom. The number of benzene rings is 1. The van der Waals surface area contributed by atoms with Gasteiger partial charge in [-0.2, -0.15) is 5.10 Å². The molecule has 128 valence electrons. The maximum absolute atomic E-state index is 5.73. The van der Waals surface area contributed by atoms with Crippen LogP contribution in [0.15, 0.2) is 52.4 Å². The highest BCUT2D eigenvalue weighted by molar-refractivity contribution is 7.07. The molecule has 0 radical (unpaired) electrons. The smallest absolute Gasteiger partial charge is 0.206 e. The van der Waals surface area contributed by atoms with Gasteiger partial charge in [0.05, 0.1) is 25.1 Å². The summed E-state index contributed by atoms with van der Waals surface area (Å²) in [5.41, 5.74) is 2.09. The van der Waals surface area contributed by atoms with Crippen LogP contribution in [0, 0.1) is 12.8 Å².